The highest BCUT2D eigenvalue weighted by Gasteiger charge is 2.09. The monoisotopic (exact) mass is 341 g/mol. The van der Waals surface area contributed by atoms with Gasteiger partial charge in [0.2, 0.25) is 5.91 Å². The molecule has 3 aromatic rings. The molecule has 1 aromatic heterocycles. The van der Waals surface area contributed by atoms with E-state index in [9.17, 15) is 14.0 Å². The van der Waals surface area contributed by atoms with Crippen LogP contribution in [0.3, 0.4) is 0 Å². The maximum Gasteiger partial charge on any atom is 0.258 e. The van der Waals surface area contributed by atoms with Crippen LogP contribution in [0.2, 0.25) is 0 Å². The van der Waals surface area contributed by atoms with E-state index < -0.39 is 5.82 Å². The molecule has 0 atom stereocenters. The lowest BCUT2D eigenvalue weighted by Crippen LogP contribution is -2.16. The average Bonchev–Trinajstić information content (AvgIpc) is 2.60. The van der Waals surface area contributed by atoms with E-state index in [1.807, 2.05) is 0 Å². The summed E-state index contributed by atoms with van der Waals surface area (Å²) >= 11 is 0. The number of H-pyrrole nitrogens is 1. The Morgan fingerprint density at radius 2 is 2.08 bits per heavy atom. The summed E-state index contributed by atoms with van der Waals surface area (Å²) in [5, 5.41) is 3.11. The van der Waals surface area contributed by atoms with Gasteiger partial charge in [-0.25, -0.2) is 9.37 Å². The Balaban J connectivity index is 1.66. The molecule has 0 aliphatic carbocycles. The number of carbonyl (C=O) groups is 1. The maximum absolute atomic E-state index is 13.6. The second-order valence-corrected chi connectivity index (χ2v) is 5.43. The predicted molar refractivity (Wildman–Crippen MR) is 92.3 cm³/mol. The first-order valence-corrected chi connectivity index (χ1v) is 7.68. The van der Waals surface area contributed by atoms with Gasteiger partial charge in [0.05, 0.1) is 18.0 Å². The maximum atomic E-state index is 13.6. The standard InChI is InChI=1S/C18H16FN3O3/c1-25-15-7-6-11(10-13(15)19)20-17(23)9-8-16-21-14-5-3-2-4-12(14)18(24)22-16/h2-7,10H,8-9H2,1H3,(H,20,23)(H,21,22,24). The number of para-hydroxylation sites is 1. The number of aromatic nitrogens is 2. The molecule has 2 N–H and O–H groups in total. The van der Waals surface area contributed by atoms with Crippen LogP contribution in [0.5, 0.6) is 5.75 Å². The zero-order valence-electron chi connectivity index (χ0n) is 13.5. The summed E-state index contributed by atoms with van der Waals surface area (Å²) in [4.78, 5) is 31.0. The van der Waals surface area contributed by atoms with Gasteiger partial charge in [-0.3, -0.25) is 9.59 Å². The van der Waals surface area contributed by atoms with Crippen molar-refractivity contribution in [3.8, 4) is 5.75 Å². The minimum atomic E-state index is -0.555. The molecular formula is C18H16FN3O3. The number of amides is 1. The van der Waals surface area contributed by atoms with Crippen LogP contribution in [0.25, 0.3) is 10.9 Å². The third-order valence-corrected chi connectivity index (χ3v) is 3.69. The van der Waals surface area contributed by atoms with Crippen LogP contribution < -0.4 is 15.6 Å². The molecule has 0 aliphatic heterocycles. The van der Waals surface area contributed by atoms with Crippen LogP contribution in [-0.2, 0) is 11.2 Å². The Kier molecular flexibility index (Phi) is 4.74. The number of hydrogen-bond acceptors (Lipinski definition) is 4. The van der Waals surface area contributed by atoms with Crippen molar-refractivity contribution in [3.05, 3.63) is 64.5 Å². The van der Waals surface area contributed by atoms with E-state index in [2.05, 4.69) is 15.3 Å². The van der Waals surface area contributed by atoms with E-state index in [1.165, 1.54) is 19.2 Å². The molecule has 128 valence electrons. The summed E-state index contributed by atoms with van der Waals surface area (Å²) in [7, 11) is 1.37. The number of aromatic amines is 1. The van der Waals surface area contributed by atoms with Gasteiger partial charge in [-0.15, -0.1) is 0 Å². The van der Waals surface area contributed by atoms with Gasteiger partial charge in [0, 0.05) is 24.6 Å². The molecule has 0 fully saturated rings. The van der Waals surface area contributed by atoms with E-state index in [0.717, 1.165) is 0 Å². The first-order valence-electron chi connectivity index (χ1n) is 7.68. The number of carbonyl (C=O) groups excluding carboxylic acids is 1. The fourth-order valence-electron chi connectivity index (χ4n) is 2.45. The van der Waals surface area contributed by atoms with Crippen LogP contribution in [0.1, 0.15) is 12.2 Å². The van der Waals surface area contributed by atoms with Gasteiger partial charge >= 0.3 is 0 Å². The summed E-state index contributed by atoms with van der Waals surface area (Å²) in [5.41, 5.74) is 0.681. The molecule has 0 aliphatic rings. The molecule has 0 unspecified atom stereocenters. The minimum absolute atomic E-state index is 0.106. The molecule has 2 aromatic carbocycles. The number of anilines is 1. The van der Waals surface area contributed by atoms with Crippen molar-refractivity contribution in [1.82, 2.24) is 9.97 Å². The molecule has 0 radical (unpaired) electrons. The molecule has 1 amide bonds. The number of halogens is 1. The van der Waals surface area contributed by atoms with Crippen molar-refractivity contribution in [1.29, 1.82) is 0 Å². The molecule has 6 nitrogen and oxygen atoms in total. The average molecular weight is 341 g/mol. The third kappa shape index (κ3) is 3.82. The summed E-state index contributed by atoms with van der Waals surface area (Å²) in [5.74, 6) is -0.322. The normalized spacial score (nSPS) is 10.6. The second kappa shape index (κ2) is 7.12. The Bertz CT molecular complexity index is 985. The van der Waals surface area contributed by atoms with E-state index in [0.29, 0.717) is 22.4 Å². The quantitative estimate of drug-likeness (QED) is 0.747. The van der Waals surface area contributed by atoms with Gasteiger partial charge in [-0.2, -0.15) is 0 Å². The lowest BCUT2D eigenvalue weighted by molar-refractivity contribution is -0.116. The van der Waals surface area contributed by atoms with E-state index in [1.54, 1.807) is 30.3 Å². The molecule has 25 heavy (non-hydrogen) atoms. The molecule has 1 heterocycles. The van der Waals surface area contributed by atoms with Gasteiger partial charge in [-0.05, 0) is 24.3 Å². The van der Waals surface area contributed by atoms with Gasteiger partial charge in [-0.1, -0.05) is 12.1 Å². The number of nitrogens with one attached hydrogen (secondary N) is 2. The van der Waals surface area contributed by atoms with Crippen LogP contribution in [0, 0.1) is 5.82 Å². The Morgan fingerprint density at radius 3 is 2.84 bits per heavy atom. The smallest absolute Gasteiger partial charge is 0.258 e. The highest BCUT2D eigenvalue weighted by Crippen LogP contribution is 2.20. The summed E-state index contributed by atoms with van der Waals surface area (Å²) in [6.07, 6.45) is 0.374. The third-order valence-electron chi connectivity index (χ3n) is 3.69. The number of benzene rings is 2. The van der Waals surface area contributed by atoms with Crippen molar-refractivity contribution in [3.63, 3.8) is 0 Å². The van der Waals surface area contributed by atoms with Crippen LogP contribution in [-0.4, -0.2) is 23.0 Å². The van der Waals surface area contributed by atoms with Crippen molar-refractivity contribution >= 4 is 22.5 Å². The van der Waals surface area contributed by atoms with Gasteiger partial charge in [0.25, 0.3) is 5.56 Å². The minimum Gasteiger partial charge on any atom is -0.494 e. The molecule has 3 rings (SSSR count). The molecular weight excluding hydrogens is 325 g/mol. The number of ether oxygens (including phenoxy) is 1. The Morgan fingerprint density at radius 1 is 1.28 bits per heavy atom. The largest absolute Gasteiger partial charge is 0.494 e. The van der Waals surface area contributed by atoms with E-state index in [-0.39, 0.29) is 30.1 Å². The number of hydrogen-bond donors (Lipinski definition) is 2. The number of aryl methyl sites for hydroxylation is 1. The first-order chi connectivity index (χ1) is 12.1. The van der Waals surface area contributed by atoms with Crippen LogP contribution in [0.15, 0.2) is 47.3 Å². The Hall–Kier alpha value is -3.22. The number of fused-ring (bicyclic) bond motifs is 1. The highest BCUT2D eigenvalue weighted by molar-refractivity contribution is 5.90. The topological polar surface area (TPSA) is 84.1 Å². The summed E-state index contributed by atoms with van der Waals surface area (Å²) < 4.78 is 18.4. The molecule has 0 saturated heterocycles. The summed E-state index contributed by atoms with van der Waals surface area (Å²) in [6.45, 7) is 0. The Labute approximate surface area is 142 Å². The number of rotatable bonds is 5. The van der Waals surface area contributed by atoms with Gasteiger partial charge < -0.3 is 15.0 Å². The van der Waals surface area contributed by atoms with Crippen molar-refractivity contribution < 1.29 is 13.9 Å². The number of nitrogens with zero attached hydrogens (tertiary/aromatic N) is 1. The second-order valence-electron chi connectivity index (χ2n) is 5.43. The van der Waals surface area contributed by atoms with Crippen molar-refractivity contribution in [2.75, 3.05) is 12.4 Å². The van der Waals surface area contributed by atoms with Crippen molar-refractivity contribution in [2.45, 2.75) is 12.8 Å². The molecule has 0 saturated carbocycles. The number of methoxy groups -OCH3 is 1. The molecule has 7 heteroatoms. The lowest BCUT2D eigenvalue weighted by atomic mass is 10.2. The first kappa shape index (κ1) is 16.6. The fraction of sp³-hybridized carbons (Fsp3) is 0.167. The predicted octanol–water partition coefficient (Wildman–Crippen LogP) is 2.64. The SMILES string of the molecule is COc1ccc(NC(=O)CCc2nc3ccccc3c(=O)[nH]2)cc1F. The van der Waals surface area contributed by atoms with E-state index in [4.69, 9.17) is 4.74 Å². The van der Waals surface area contributed by atoms with Gasteiger partial charge in [0.15, 0.2) is 11.6 Å². The van der Waals surface area contributed by atoms with Gasteiger partial charge in [0.1, 0.15) is 5.82 Å². The zero-order chi connectivity index (χ0) is 17.8. The summed E-state index contributed by atoms with van der Waals surface area (Å²) in [6, 6.07) is 11.2. The molecule has 0 spiro atoms. The lowest BCUT2D eigenvalue weighted by Gasteiger charge is -2.07. The van der Waals surface area contributed by atoms with Crippen LogP contribution in [0.4, 0.5) is 10.1 Å². The van der Waals surface area contributed by atoms with Crippen molar-refractivity contribution in [2.24, 2.45) is 0 Å². The fourth-order valence-corrected chi connectivity index (χ4v) is 2.45. The molecule has 0 bridgehead atoms. The van der Waals surface area contributed by atoms with E-state index >= 15 is 0 Å². The zero-order valence-corrected chi connectivity index (χ0v) is 13.5. The van der Waals surface area contributed by atoms with Crippen LogP contribution >= 0.6 is 0 Å². The highest BCUT2D eigenvalue weighted by atomic mass is 19.1.